The second kappa shape index (κ2) is 9.39. The fourth-order valence-electron chi connectivity index (χ4n) is 2.65. The molecule has 0 bridgehead atoms. The van der Waals surface area contributed by atoms with Crippen molar-refractivity contribution in [1.82, 2.24) is 14.8 Å². The van der Waals surface area contributed by atoms with E-state index in [1.165, 1.54) is 17.3 Å². The smallest absolute Gasteiger partial charge is 0.191 e. The zero-order valence-electron chi connectivity index (χ0n) is 15.3. The number of benzene rings is 2. The number of thioether (sulfide) groups is 1. The summed E-state index contributed by atoms with van der Waals surface area (Å²) in [5.74, 6) is 2.07. The minimum absolute atomic E-state index is 0.231. The lowest BCUT2D eigenvalue weighted by Crippen LogP contribution is -2.20. The summed E-state index contributed by atoms with van der Waals surface area (Å²) in [5.41, 5.74) is 2.24. The third-order valence-corrected chi connectivity index (χ3v) is 5.56. The number of aliphatic hydroxyl groups excluding tert-OH is 1. The summed E-state index contributed by atoms with van der Waals surface area (Å²) in [6, 6.07) is 15.8. The SMILES string of the molecule is CCn1c(SCC(O)COc2cccc(Br)c2)nnc1-c1cccc(C)c1. The first-order valence-corrected chi connectivity index (χ1v) is 10.5. The van der Waals surface area contributed by atoms with Crippen molar-refractivity contribution in [2.75, 3.05) is 12.4 Å². The van der Waals surface area contributed by atoms with E-state index in [1.54, 1.807) is 0 Å². The quantitative estimate of drug-likeness (QED) is 0.512. The molecule has 5 nitrogen and oxygen atoms in total. The second-order valence-electron chi connectivity index (χ2n) is 6.15. The zero-order chi connectivity index (χ0) is 19.2. The molecule has 2 aromatic carbocycles. The molecule has 0 saturated carbocycles. The van der Waals surface area contributed by atoms with Gasteiger partial charge in [-0.3, -0.25) is 0 Å². The predicted octanol–water partition coefficient (Wildman–Crippen LogP) is 4.57. The first kappa shape index (κ1) is 19.9. The maximum atomic E-state index is 10.2. The van der Waals surface area contributed by atoms with E-state index in [-0.39, 0.29) is 6.61 Å². The van der Waals surface area contributed by atoms with Crippen molar-refractivity contribution in [3.05, 3.63) is 58.6 Å². The van der Waals surface area contributed by atoms with Crippen LogP contribution in [0, 0.1) is 6.92 Å². The number of aliphatic hydroxyl groups is 1. The number of aromatic nitrogens is 3. The van der Waals surface area contributed by atoms with Gasteiger partial charge in [0.25, 0.3) is 0 Å². The largest absolute Gasteiger partial charge is 0.491 e. The highest BCUT2D eigenvalue weighted by atomic mass is 79.9. The van der Waals surface area contributed by atoms with E-state index < -0.39 is 6.10 Å². The predicted molar refractivity (Wildman–Crippen MR) is 112 cm³/mol. The average Bonchev–Trinajstić information content (AvgIpc) is 3.07. The van der Waals surface area contributed by atoms with Crippen molar-refractivity contribution < 1.29 is 9.84 Å². The molecule has 1 N–H and O–H groups in total. The Balaban J connectivity index is 1.60. The molecule has 3 aromatic rings. The molecule has 1 unspecified atom stereocenters. The highest BCUT2D eigenvalue weighted by molar-refractivity contribution is 9.10. The second-order valence-corrected chi connectivity index (χ2v) is 8.06. The molecular formula is C20H22BrN3O2S. The van der Waals surface area contributed by atoms with E-state index in [1.807, 2.05) is 36.4 Å². The van der Waals surface area contributed by atoms with Crippen LogP contribution in [0.1, 0.15) is 12.5 Å². The van der Waals surface area contributed by atoms with E-state index in [0.29, 0.717) is 5.75 Å². The Morgan fingerprint density at radius 2 is 2.00 bits per heavy atom. The third-order valence-electron chi connectivity index (χ3n) is 3.95. The Bertz CT molecular complexity index is 900. The van der Waals surface area contributed by atoms with Crippen molar-refractivity contribution in [3.8, 4) is 17.1 Å². The molecule has 0 fully saturated rings. The number of nitrogens with zero attached hydrogens (tertiary/aromatic N) is 3. The Labute approximate surface area is 171 Å². The van der Waals surface area contributed by atoms with E-state index >= 15 is 0 Å². The molecule has 1 heterocycles. The van der Waals surface area contributed by atoms with Gasteiger partial charge in [-0.15, -0.1) is 10.2 Å². The van der Waals surface area contributed by atoms with Gasteiger partial charge in [-0.25, -0.2) is 0 Å². The number of hydrogen-bond acceptors (Lipinski definition) is 5. The van der Waals surface area contributed by atoms with E-state index in [4.69, 9.17) is 4.74 Å². The highest BCUT2D eigenvalue weighted by Gasteiger charge is 2.15. The topological polar surface area (TPSA) is 60.2 Å². The fraction of sp³-hybridized carbons (Fsp3) is 0.300. The number of ether oxygens (including phenoxy) is 1. The minimum Gasteiger partial charge on any atom is -0.491 e. The van der Waals surface area contributed by atoms with Crippen LogP contribution in [-0.4, -0.2) is 38.3 Å². The van der Waals surface area contributed by atoms with Crippen LogP contribution in [0.5, 0.6) is 5.75 Å². The Morgan fingerprint density at radius 1 is 1.19 bits per heavy atom. The molecule has 0 amide bonds. The van der Waals surface area contributed by atoms with Gasteiger partial charge in [-0.1, -0.05) is 57.5 Å². The van der Waals surface area contributed by atoms with Gasteiger partial charge in [0.1, 0.15) is 12.4 Å². The lowest BCUT2D eigenvalue weighted by molar-refractivity contribution is 0.126. The Hall–Kier alpha value is -1.83. The molecule has 0 spiro atoms. The zero-order valence-corrected chi connectivity index (χ0v) is 17.7. The van der Waals surface area contributed by atoms with Crippen LogP contribution < -0.4 is 4.74 Å². The van der Waals surface area contributed by atoms with Crippen molar-refractivity contribution in [2.24, 2.45) is 0 Å². The minimum atomic E-state index is -0.599. The van der Waals surface area contributed by atoms with Crippen LogP contribution in [0.2, 0.25) is 0 Å². The average molecular weight is 448 g/mol. The van der Waals surface area contributed by atoms with Crippen LogP contribution in [0.4, 0.5) is 0 Å². The van der Waals surface area contributed by atoms with Crippen molar-refractivity contribution in [2.45, 2.75) is 31.7 Å². The molecule has 0 aliphatic rings. The van der Waals surface area contributed by atoms with Gasteiger partial charge in [0.05, 0.1) is 6.10 Å². The summed E-state index contributed by atoms with van der Waals surface area (Å²) in [6.45, 7) is 5.13. The lowest BCUT2D eigenvalue weighted by Gasteiger charge is -2.13. The maximum absolute atomic E-state index is 10.2. The summed E-state index contributed by atoms with van der Waals surface area (Å²) in [5, 5.41) is 19.7. The number of hydrogen-bond donors (Lipinski definition) is 1. The van der Waals surface area contributed by atoms with Gasteiger partial charge < -0.3 is 14.4 Å². The van der Waals surface area contributed by atoms with Crippen LogP contribution in [0.25, 0.3) is 11.4 Å². The Kier molecular flexibility index (Phi) is 6.93. The highest BCUT2D eigenvalue weighted by Crippen LogP contribution is 2.25. The standard InChI is InChI=1S/C20H22BrN3O2S/c1-3-24-19(15-7-4-6-14(2)10-15)22-23-20(24)27-13-17(25)12-26-18-9-5-8-16(21)11-18/h4-11,17,25H,3,12-13H2,1-2H3. The summed E-state index contributed by atoms with van der Waals surface area (Å²) in [4.78, 5) is 0. The Morgan fingerprint density at radius 3 is 2.74 bits per heavy atom. The van der Waals surface area contributed by atoms with E-state index in [9.17, 15) is 5.11 Å². The van der Waals surface area contributed by atoms with Gasteiger partial charge >= 0.3 is 0 Å². The summed E-state index contributed by atoms with van der Waals surface area (Å²) in [6.07, 6.45) is -0.599. The molecule has 27 heavy (non-hydrogen) atoms. The molecule has 142 valence electrons. The third kappa shape index (κ3) is 5.34. The first-order valence-electron chi connectivity index (χ1n) is 8.76. The van der Waals surface area contributed by atoms with Crippen LogP contribution in [-0.2, 0) is 6.54 Å². The summed E-state index contributed by atoms with van der Waals surface area (Å²) < 4.78 is 8.66. The molecule has 1 atom stereocenters. The van der Waals surface area contributed by atoms with Gasteiger partial charge in [-0.05, 0) is 38.1 Å². The lowest BCUT2D eigenvalue weighted by atomic mass is 10.1. The molecule has 7 heteroatoms. The van der Waals surface area contributed by atoms with Crippen LogP contribution in [0.15, 0.2) is 58.2 Å². The summed E-state index contributed by atoms with van der Waals surface area (Å²) >= 11 is 4.90. The van der Waals surface area contributed by atoms with Crippen molar-refractivity contribution >= 4 is 27.7 Å². The summed E-state index contributed by atoms with van der Waals surface area (Å²) in [7, 11) is 0. The fourth-order valence-corrected chi connectivity index (χ4v) is 3.93. The van der Waals surface area contributed by atoms with E-state index in [0.717, 1.165) is 33.3 Å². The molecule has 1 aromatic heterocycles. The molecular weight excluding hydrogens is 426 g/mol. The molecule has 0 aliphatic heterocycles. The van der Waals surface area contributed by atoms with Crippen LogP contribution >= 0.6 is 27.7 Å². The monoisotopic (exact) mass is 447 g/mol. The molecule has 0 saturated heterocycles. The molecule has 3 rings (SSSR count). The molecule has 0 aliphatic carbocycles. The van der Waals surface area contributed by atoms with Crippen LogP contribution in [0.3, 0.4) is 0 Å². The first-order chi connectivity index (χ1) is 13.1. The maximum Gasteiger partial charge on any atom is 0.191 e. The van der Waals surface area contributed by atoms with Gasteiger partial charge in [-0.2, -0.15) is 0 Å². The van der Waals surface area contributed by atoms with Gasteiger partial charge in [0.2, 0.25) is 0 Å². The number of rotatable bonds is 8. The number of halogens is 1. The van der Waals surface area contributed by atoms with Gasteiger partial charge in [0.15, 0.2) is 11.0 Å². The molecule has 0 radical (unpaired) electrons. The van der Waals surface area contributed by atoms with Gasteiger partial charge in [0, 0.05) is 22.3 Å². The normalized spacial score (nSPS) is 12.1. The van der Waals surface area contributed by atoms with E-state index in [2.05, 4.69) is 56.7 Å². The van der Waals surface area contributed by atoms with Crippen molar-refractivity contribution in [3.63, 3.8) is 0 Å². The number of aryl methyl sites for hydroxylation is 1. The van der Waals surface area contributed by atoms with Crippen molar-refractivity contribution in [1.29, 1.82) is 0 Å².